The maximum absolute atomic E-state index is 4.27. The molecule has 0 saturated heterocycles. The normalized spacial score (nSPS) is 17.3. The third-order valence-electron chi connectivity index (χ3n) is 3.94. The molecule has 1 aliphatic rings. The van der Waals surface area contributed by atoms with Crippen molar-refractivity contribution >= 4 is 5.96 Å². The third-order valence-corrected chi connectivity index (χ3v) is 3.94. The second kappa shape index (κ2) is 7.33. The third kappa shape index (κ3) is 4.56. The SMILES string of the molecule is CN=C(NCCn1cccc1)NCC(C)N(C)C1CC1. The second-order valence-electron chi connectivity index (χ2n) is 5.55. The Balaban J connectivity index is 1.64. The summed E-state index contributed by atoms with van der Waals surface area (Å²) in [7, 11) is 4.03. The van der Waals surface area contributed by atoms with Gasteiger partial charge in [-0.3, -0.25) is 9.89 Å². The Bertz CT molecular complexity index is 408. The molecule has 5 heteroatoms. The number of aromatic nitrogens is 1. The minimum Gasteiger partial charge on any atom is -0.355 e. The van der Waals surface area contributed by atoms with E-state index in [0.29, 0.717) is 6.04 Å². The van der Waals surface area contributed by atoms with Gasteiger partial charge in [-0.1, -0.05) is 0 Å². The van der Waals surface area contributed by atoms with Crippen LogP contribution in [0.25, 0.3) is 0 Å². The first kappa shape index (κ1) is 14.9. The maximum Gasteiger partial charge on any atom is 0.191 e. The lowest BCUT2D eigenvalue weighted by molar-refractivity contribution is 0.247. The predicted octanol–water partition coefficient (Wildman–Crippen LogP) is 1.14. The van der Waals surface area contributed by atoms with Crippen LogP contribution in [0.15, 0.2) is 29.5 Å². The van der Waals surface area contributed by atoms with Gasteiger partial charge in [0.15, 0.2) is 5.96 Å². The number of nitrogens with zero attached hydrogens (tertiary/aromatic N) is 3. The fraction of sp³-hybridized carbons (Fsp3) is 0.667. The minimum atomic E-state index is 0.533. The van der Waals surface area contributed by atoms with Crippen LogP contribution in [0.3, 0.4) is 0 Å². The molecule has 1 atom stereocenters. The molecule has 1 aromatic rings. The number of hydrogen-bond acceptors (Lipinski definition) is 2. The molecule has 1 unspecified atom stereocenters. The van der Waals surface area contributed by atoms with Crippen molar-refractivity contribution in [2.45, 2.75) is 38.4 Å². The summed E-state index contributed by atoms with van der Waals surface area (Å²) < 4.78 is 2.16. The number of rotatable bonds is 7. The molecule has 0 amide bonds. The summed E-state index contributed by atoms with van der Waals surface area (Å²) in [6.07, 6.45) is 6.85. The van der Waals surface area contributed by atoms with Crippen molar-refractivity contribution < 1.29 is 0 Å². The molecular formula is C15H27N5. The Morgan fingerprint density at radius 2 is 2.05 bits per heavy atom. The largest absolute Gasteiger partial charge is 0.355 e. The van der Waals surface area contributed by atoms with Crippen molar-refractivity contribution in [2.24, 2.45) is 4.99 Å². The van der Waals surface area contributed by atoms with Crippen molar-refractivity contribution in [3.63, 3.8) is 0 Å². The summed E-state index contributed by atoms with van der Waals surface area (Å²) in [4.78, 5) is 6.72. The number of hydrogen-bond donors (Lipinski definition) is 2. The maximum atomic E-state index is 4.27. The van der Waals surface area contributed by atoms with E-state index in [4.69, 9.17) is 0 Å². The monoisotopic (exact) mass is 277 g/mol. The molecule has 0 bridgehead atoms. The van der Waals surface area contributed by atoms with E-state index in [1.807, 2.05) is 19.2 Å². The van der Waals surface area contributed by atoms with Gasteiger partial charge in [-0.2, -0.15) is 0 Å². The van der Waals surface area contributed by atoms with Gasteiger partial charge < -0.3 is 15.2 Å². The van der Waals surface area contributed by atoms with E-state index in [1.54, 1.807) is 0 Å². The quantitative estimate of drug-likeness (QED) is 0.580. The van der Waals surface area contributed by atoms with Crippen molar-refractivity contribution in [3.8, 4) is 0 Å². The van der Waals surface area contributed by atoms with Crippen LogP contribution in [-0.2, 0) is 6.54 Å². The molecular weight excluding hydrogens is 250 g/mol. The molecule has 0 radical (unpaired) electrons. The summed E-state index contributed by atoms with van der Waals surface area (Å²) in [6, 6.07) is 5.42. The number of nitrogens with one attached hydrogen (secondary N) is 2. The topological polar surface area (TPSA) is 44.6 Å². The van der Waals surface area contributed by atoms with Gasteiger partial charge in [-0.25, -0.2) is 0 Å². The van der Waals surface area contributed by atoms with Crippen molar-refractivity contribution in [2.75, 3.05) is 27.2 Å². The highest BCUT2D eigenvalue weighted by Crippen LogP contribution is 2.26. The lowest BCUT2D eigenvalue weighted by Crippen LogP contribution is -2.46. The molecule has 0 aliphatic heterocycles. The summed E-state index contributed by atoms with van der Waals surface area (Å²) in [6.45, 7) is 5.01. The fourth-order valence-corrected chi connectivity index (χ4v) is 2.27. The second-order valence-corrected chi connectivity index (χ2v) is 5.55. The minimum absolute atomic E-state index is 0.533. The van der Waals surface area contributed by atoms with E-state index in [1.165, 1.54) is 12.8 Å². The van der Waals surface area contributed by atoms with Gasteiger partial charge in [0, 0.05) is 51.2 Å². The van der Waals surface area contributed by atoms with E-state index in [0.717, 1.165) is 31.6 Å². The van der Waals surface area contributed by atoms with E-state index in [-0.39, 0.29) is 0 Å². The smallest absolute Gasteiger partial charge is 0.191 e. The lowest BCUT2D eigenvalue weighted by atomic mass is 10.3. The van der Waals surface area contributed by atoms with E-state index in [9.17, 15) is 0 Å². The first-order chi connectivity index (χ1) is 9.70. The van der Waals surface area contributed by atoms with E-state index < -0.39 is 0 Å². The van der Waals surface area contributed by atoms with Crippen LogP contribution in [0.4, 0.5) is 0 Å². The Kier molecular flexibility index (Phi) is 5.47. The highest BCUT2D eigenvalue weighted by atomic mass is 15.2. The number of aliphatic imine (C=N–C) groups is 1. The molecule has 1 aromatic heterocycles. The Labute approximate surface area is 122 Å². The van der Waals surface area contributed by atoms with Crippen LogP contribution in [0, 0.1) is 0 Å². The first-order valence-electron chi connectivity index (χ1n) is 7.48. The number of likely N-dealkylation sites (N-methyl/N-ethyl adjacent to an activating group) is 1. The molecule has 0 spiro atoms. The van der Waals surface area contributed by atoms with Crippen LogP contribution >= 0.6 is 0 Å². The highest BCUT2D eigenvalue weighted by molar-refractivity contribution is 5.79. The molecule has 1 heterocycles. The summed E-state index contributed by atoms with van der Waals surface area (Å²) >= 11 is 0. The van der Waals surface area contributed by atoms with Gasteiger partial charge in [0.1, 0.15) is 0 Å². The van der Waals surface area contributed by atoms with Crippen LogP contribution in [-0.4, -0.2) is 54.7 Å². The average molecular weight is 277 g/mol. The zero-order chi connectivity index (χ0) is 14.4. The Morgan fingerprint density at radius 1 is 1.35 bits per heavy atom. The van der Waals surface area contributed by atoms with E-state index in [2.05, 4.69) is 51.5 Å². The van der Waals surface area contributed by atoms with Gasteiger partial charge in [0.25, 0.3) is 0 Å². The van der Waals surface area contributed by atoms with Crippen molar-refractivity contribution in [3.05, 3.63) is 24.5 Å². The van der Waals surface area contributed by atoms with Gasteiger partial charge in [-0.05, 0) is 38.9 Å². The molecule has 1 saturated carbocycles. The molecule has 2 N–H and O–H groups in total. The Morgan fingerprint density at radius 3 is 2.65 bits per heavy atom. The average Bonchev–Trinajstić information content (AvgIpc) is 3.18. The van der Waals surface area contributed by atoms with Crippen molar-refractivity contribution in [1.82, 2.24) is 20.1 Å². The zero-order valence-corrected chi connectivity index (χ0v) is 12.8. The van der Waals surface area contributed by atoms with E-state index >= 15 is 0 Å². The molecule has 112 valence electrons. The van der Waals surface area contributed by atoms with Gasteiger partial charge >= 0.3 is 0 Å². The van der Waals surface area contributed by atoms with Gasteiger partial charge in [-0.15, -0.1) is 0 Å². The molecule has 1 fully saturated rings. The first-order valence-corrected chi connectivity index (χ1v) is 7.48. The van der Waals surface area contributed by atoms with Crippen LogP contribution < -0.4 is 10.6 Å². The van der Waals surface area contributed by atoms with Crippen molar-refractivity contribution in [1.29, 1.82) is 0 Å². The number of guanidine groups is 1. The zero-order valence-electron chi connectivity index (χ0n) is 12.8. The summed E-state index contributed by atoms with van der Waals surface area (Å²) in [5.41, 5.74) is 0. The molecule has 5 nitrogen and oxygen atoms in total. The standard InChI is InChI=1S/C15H27N5/c1-13(19(3)14-6-7-14)12-18-15(16-2)17-8-11-20-9-4-5-10-20/h4-5,9-10,13-14H,6-8,11-12H2,1-3H3,(H2,16,17,18). The fourth-order valence-electron chi connectivity index (χ4n) is 2.27. The summed E-state index contributed by atoms with van der Waals surface area (Å²) in [5.74, 6) is 0.883. The molecule has 20 heavy (non-hydrogen) atoms. The summed E-state index contributed by atoms with van der Waals surface area (Å²) in [5, 5.41) is 6.75. The lowest BCUT2D eigenvalue weighted by Gasteiger charge is -2.25. The Hall–Kier alpha value is -1.49. The predicted molar refractivity (Wildman–Crippen MR) is 84.0 cm³/mol. The van der Waals surface area contributed by atoms with Crippen LogP contribution in [0.1, 0.15) is 19.8 Å². The van der Waals surface area contributed by atoms with Gasteiger partial charge in [0.2, 0.25) is 0 Å². The highest BCUT2D eigenvalue weighted by Gasteiger charge is 2.28. The molecule has 2 rings (SSSR count). The van der Waals surface area contributed by atoms with Crippen LogP contribution in [0.2, 0.25) is 0 Å². The van der Waals surface area contributed by atoms with Crippen LogP contribution in [0.5, 0.6) is 0 Å². The molecule has 0 aromatic carbocycles. The van der Waals surface area contributed by atoms with Gasteiger partial charge in [0.05, 0.1) is 0 Å². The molecule has 1 aliphatic carbocycles.